The molecule has 0 radical (unpaired) electrons. The summed E-state index contributed by atoms with van der Waals surface area (Å²) in [5, 5.41) is 6.53. The van der Waals surface area contributed by atoms with Crippen LogP contribution in [0.2, 0.25) is 0 Å². The second-order valence-corrected chi connectivity index (χ2v) is 18.3. The first-order valence-corrected chi connectivity index (χ1v) is 21.0. The number of hydrogen-bond donors (Lipinski definition) is 0. The Morgan fingerprint density at radius 1 is 0.345 bits per heavy atom. The molecule has 0 saturated carbocycles. The standard InChI is InChI=1S/C52H50N2O4/c1-27(2)23-31-11-9-12-32(24-28(3)4)47(31)53-49(55)39-19-15-35-37-17-21-41-46-42(22-18-38(44(37)46)36-16-20-40(50(53)56)45(39)43(35)36)52(58)54(51(41)57)48-33(25-29(5)6)13-10-14-34(48)26-30(7)8/h9-22,27-30H,23-26H2,1-8H3. The van der Waals surface area contributed by atoms with Gasteiger partial charge in [-0.1, -0.05) is 116 Å². The lowest BCUT2D eigenvalue weighted by atomic mass is 9.81. The zero-order chi connectivity index (χ0) is 40.9. The number of anilines is 2. The van der Waals surface area contributed by atoms with Crippen LogP contribution in [-0.2, 0) is 25.7 Å². The highest BCUT2D eigenvalue weighted by atomic mass is 16.2. The van der Waals surface area contributed by atoms with E-state index in [1.54, 1.807) is 0 Å². The number of imide groups is 2. The molecule has 292 valence electrons. The van der Waals surface area contributed by atoms with Gasteiger partial charge in [-0.05, 0) is 128 Å². The summed E-state index contributed by atoms with van der Waals surface area (Å²) in [5.74, 6) is 0.0811. The second-order valence-electron chi connectivity index (χ2n) is 18.3. The van der Waals surface area contributed by atoms with Gasteiger partial charge in [-0.3, -0.25) is 19.2 Å². The molecule has 0 unspecified atom stereocenters. The minimum atomic E-state index is -0.315. The van der Waals surface area contributed by atoms with Gasteiger partial charge < -0.3 is 0 Å². The summed E-state index contributed by atoms with van der Waals surface area (Å²) in [4.78, 5) is 62.1. The molecular weight excluding hydrogens is 717 g/mol. The van der Waals surface area contributed by atoms with Gasteiger partial charge >= 0.3 is 0 Å². The molecule has 0 fully saturated rings. The molecule has 9 rings (SSSR count). The quantitative estimate of drug-likeness (QED) is 0.0789. The van der Waals surface area contributed by atoms with Crippen LogP contribution in [-0.4, -0.2) is 23.6 Å². The van der Waals surface area contributed by atoms with Crippen molar-refractivity contribution in [3.8, 4) is 0 Å². The molecule has 6 nitrogen and oxygen atoms in total. The fourth-order valence-electron chi connectivity index (χ4n) is 9.96. The molecule has 0 saturated heterocycles. The zero-order valence-electron chi connectivity index (χ0n) is 34.7. The number of para-hydroxylation sites is 2. The molecule has 0 aliphatic carbocycles. The SMILES string of the molecule is CC(C)Cc1cccc(CC(C)C)c1N1C(=O)c2ccc3c4ccc5c6c(ccc(c7ccc(c2c37)C1=O)c64)C(=O)N(c1c(CC(C)C)cccc1CC(C)C)C5=O. The molecule has 7 aromatic carbocycles. The summed E-state index contributed by atoms with van der Waals surface area (Å²) < 4.78 is 0. The first-order chi connectivity index (χ1) is 27.8. The first-order valence-electron chi connectivity index (χ1n) is 21.0. The van der Waals surface area contributed by atoms with Crippen LogP contribution in [0.5, 0.6) is 0 Å². The molecule has 0 spiro atoms. The van der Waals surface area contributed by atoms with Crippen LogP contribution in [0.3, 0.4) is 0 Å². The lowest BCUT2D eigenvalue weighted by molar-refractivity contribution is 0.0877. The molecule has 2 aliphatic heterocycles. The van der Waals surface area contributed by atoms with E-state index in [0.717, 1.165) is 91.6 Å². The van der Waals surface area contributed by atoms with Gasteiger partial charge in [0, 0.05) is 33.0 Å². The van der Waals surface area contributed by atoms with Crippen LogP contribution >= 0.6 is 0 Å². The number of carbonyl (C=O) groups is 4. The number of fused-ring (bicyclic) bond motifs is 2. The van der Waals surface area contributed by atoms with Crippen molar-refractivity contribution in [2.24, 2.45) is 23.7 Å². The van der Waals surface area contributed by atoms with Crippen LogP contribution in [0.25, 0.3) is 43.1 Å². The Morgan fingerprint density at radius 2 is 0.586 bits per heavy atom. The molecule has 0 bridgehead atoms. The van der Waals surface area contributed by atoms with E-state index in [1.807, 2.05) is 84.9 Å². The Bertz CT molecular complexity index is 2520. The summed E-state index contributed by atoms with van der Waals surface area (Å²) in [6.45, 7) is 17.2. The number of carbonyl (C=O) groups excluding carboxylic acids is 4. The number of hydrogen-bond acceptors (Lipinski definition) is 4. The average molecular weight is 767 g/mol. The van der Waals surface area contributed by atoms with Gasteiger partial charge in [0.15, 0.2) is 0 Å². The van der Waals surface area contributed by atoms with E-state index >= 15 is 0 Å². The molecule has 58 heavy (non-hydrogen) atoms. The maximum Gasteiger partial charge on any atom is 0.266 e. The summed E-state index contributed by atoms with van der Waals surface area (Å²) in [5.41, 5.74) is 7.42. The molecule has 0 atom stereocenters. The van der Waals surface area contributed by atoms with E-state index in [2.05, 4.69) is 55.4 Å². The molecular formula is C52H50N2O4. The molecule has 0 N–H and O–H groups in total. The Morgan fingerprint density at radius 3 is 0.810 bits per heavy atom. The van der Waals surface area contributed by atoms with Crippen LogP contribution in [0.15, 0.2) is 84.9 Å². The Kier molecular flexibility index (Phi) is 9.03. The van der Waals surface area contributed by atoms with Crippen molar-refractivity contribution in [3.05, 3.63) is 129 Å². The normalized spacial score (nSPS) is 14.5. The monoisotopic (exact) mass is 766 g/mol. The van der Waals surface area contributed by atoms with E-state index in [9.17, 15) is 19.2 Å². The molecule has 0 aromatic heterocycles. The predicted octanol–water partition coefficient (Wildman–Crippen LogP) is 12.1. The van der Waals surface area contributed by atoms with Crippen LogP contribution in [0.1, 0.15) is 119 Å². The number of amides is 4. The molecule has 4 amide bonds. The van der Waals surface area contributed by atoms with Gasteiger partial charge in [-0.2, -0.15) is 0 Å². The number of benzene rings is 7. The largest absolute Gasteiger partial charge is 0.268 e. The van der Waals surface area contributed by atoms with Crippen molar-refractivity contribution in [2.45, 2.75) is 81.1 Å². The maximum atomic E-state index is 14.8. The topological polar surface area (TPSA) is 74.8 Å². The van der Waals surface area contributed by atoms with Gasteiger partial charge in [0.25, 0.3) is 23.6 Å². The van der Waals surface area contributed by atoms with Crippen LogP contribution in [0, 0.1) is 23.7 Å². The Balaban J connectivity index is 1.24. The van der Waals surface area contributed by atoms with E-state index in [0.29, 0.717) is 56.7 Å². The lowest BCUT2D eigenvalue weighted by Gasteiger charge is -2.33. The van der Waals surface area contributed by atoms with Crippen molar-refractivity contribution in [2.75, 3.05) is 9.80 Å². The molecule has 6 heteroatoms. The molecule has 7 aromatic rings. The van der Waals surface area contributed by atoms with Crippen molar-refractivity contribution in [3.63, 3.8) is 0 Å². The van der Waals surface area contributed by atoms with Gasteiger partial charge in [-0.15, -0.1) is 0 Å². The Hall–Kier alpha value is -5.88. The van der Waals surface area contributed by atoms with Gasteiger partial charge in [0.05, 0.1) is 11.4 Å². The fraction of sp³-hybridized carbons (Fsp3) is 0.308. The summed E-state index contributed by atoms with van der Waals surface area (Å²) >= 11 is 0. The smallest absolute Gasteiger partial charge is 0.266 e. The third-order valence-electron chi connectivity index (χ3n) is 12.0. The van der Waals surface area contributed by atoms with Gasteiger partial charge in [0.1, 0.15) is 0 Å². The third-order valence-corrected chi connectivity index (χ3v) is 12.0. The summed E-state index contributed by atoms with van der Waals surface area (Å²) in [6, 6.07) is 27.7. The van der Waals surface area contributed by atoms with Gasteiger partial charge in [0.2, 0.25) is 0 Å². The van der Waals surface area contributed by atoms with Crippen molar-refractivity contribution in [1.29, 1.82) is 0 Å². The summed E-state index contributed by atoms with van der Waals surface area (Å²) in [6.07, 6.45) is 2.98. The minimum Gasteiger partial charge on any atom is -0.268 e. The second kappa shape index (κ2) is 13.9. The highest BCUT2D eigenvalue weighted by molar-refractivity contribution is 6.45. The van der Waals surface area contributed by atoms with E-state index in [4.69, 9.17) is 0 Å². The van der Waals surface area contributed by atoms with E-state index < -0.39 is 0 Å². The lowest BCUT2D eigenvalue weighted by Crippen LogP contribution is -2.42. The number of rotatable bonds is 10. The first kappa shape index (κ1) is 37.7. The Labute approximate surface area is 340 Å². The minimum absolute atomic E-state index is 0.315. The van der Waals surface area contributed by atoms with Gasteiger partial charge in [-0.25, -0.2) is 9.80 Å². The zero-order valence-corrected chi connectivity index (χ0v) is 34.7. The fourth-order valence-corrected chi connectivity index (χ4v) is 9.96. The van der Waals surface area contributed by atoms with E-state index in [1.165, 1.54) is 9.80 Å². The van der Waals surface area contributed by atoms with Crippen molar-refractivity contribution < 1.29 is 19.2 Å². The molecule has 2 heterocycles. The van der Waals surface area contributed by atoms with Crippen molar-refractivity contribution in [1.82, 2.24) is 0 Å². The highest BCUT2D eigenvalue weighted by Gasteiger charge is 2.40. The van der Waals surface area contributed by atoms with E-state index in [-0.39, 0.29) is 23.6 Å². The highest BCUT2D eigenvalue weighted by Crippen LogP contribution is 2.48. The predicted molar refractivity (Wildman–Crippen MR) is 237 cm³/mol. The van der Waals surface area contributed by atoms with Crippen LogP contribution < -0.4 is 9.80 Å². The van der Waals surface area contributed by atoms with Crippen molar-refractivity contribution >= 4 is 78.1 Å². The average Bonchev–Trinajstić information content (AvgIpc) is 3.16. The third kappa shape index (κ3) is 5.66. The maximum absolute atomic E-state index is 14.8. The van der Waals surface area contributed by atoms with Crippen LogP contribution in [0.4, 0.5) is 11.4 Å². The number of nitrogens with zero attached hydrogens (tertiary/aromatic N) is 2. The molecule has 2 aliphatic rings. The summed E-state index contributed by atoms with van der Waals surface area (Å²) in [7, 11) is 0.